The van der Waals surface area contributed by atoms with Crippen LogP contribution < -0.4 is 5.32 Å². The average Bonchev–Trinajstić information content (AvgIpc) is 2.70. The van der Waals surface area contributed by atoms with Crippen molar-refractivity contribution in [3.05, 3.63) is 0 Å². The lowest BCUT2D eigenvalue weighted by molar-refractivity contribution is -0.137. The Morgan fingerprint density at radius 3 is 2.68 bits per heavy atom. The molecule has 1 aliphatic rings. The molecule has 1 saturated heterocycles. The molecule has 5 nitrogen and oxygen atoms in total. The maximum absolute atomic E-state index is 11.9. The van der Waals surface area contributed by atoms with Crippen molar-refractivity contribution < 1.29 is 27.9 Å². The summed E-state index contributed by atoms with van der Waals surface area (Å²) < 4.78 is 35.6. The average molecular weight is 300 g/mol. The molecule has 1 unspecified atom stereocenters. The number of urea groups is 1. The molecular formula is C10H15F3N2O3S. The van der Waals surface area contributed by atoms with Crippen LogP contribution in [0.15, 0.2) is 0 Å². The molecule has 2 amide bonds. The van der Waals surface area contributed by atoms with Crippen LogP contribution in [-0.4, -0.2) is 52.4 Å². The number of halogens is 3. The third-order valence-corrected chi connectivity index (χ3v) is 3.43. The van der Waals surface area contributed by atoms with E-state index >= 15 is 0 Å². The number of nitrogens with zero attached hydrogens (tertiary/aromatic N) is 1. The lowest BCUT2D eigenvalue weighted by Gasteiger charge is -2.23. The Labute approximate surface area is 112 Å². The van der Waals surface area contributed by atoms with E-state index in [1.165, 1.54) is 4.90 Å². The van der Waals surface area contributed by atoms with E-state index in [-0.39, 0.29) is 36.5 Å². The van der Waals surface area contributed by atoms with E-state index in [2.05, 4.69) is 5.32 Å². The zero-order valence-corrected chi connectivity index (χ0v) is 10.9. The fraction of sp³-hybridized carbons (Fsp3) is 0.800. The summed E-state index contributed by atoms with van der Waals surface area (Å²) in [5, 5.41) is 11.1. The van der Waals surface area contributed by atoms with Crippen LogP contribution >= 0.6 is 11.8 Å². The third-order valence-electron chi connectivity index (χ3n) is 2.69. The van der Waals surface area contributed by atoms with Crippen LogP contribution in [-0.2, 0) is 4.79 Å². The Kier molecular flexibility index (Phi) is 5.77. The Morgan fingerprint density at radius 1 is 1.42 bits per heavy atom. The monoisotopic (exact) mass is 300 g/mol. The number of carbonyl (C=O) groups is 2. The molecule has 0 aliphatic carbocycles. The molecule has 0 aromatic rings. The van der Waals surface area contributed by atoms with Gasteiger partial charge in [0.2, 0.25) is 0 Å². The fourth-order valence-corrected chi connectivity index (χ4v) is 2.38. The second kappa shape index (κ2) is 6.88. The smallest absolute Gasteiger partial charge is 0.441 e. The van der Waals surface area contributed by atoms with Gasteiger partial charge in [-0.15, -0.1) is 0 Å². The standard InChI is InChI=1S/C10H15F3N2O3S/c11-10(12,13)19-5-3-14-9(18)15-4-1-2-7(15)6-8(16)17/h7H,1-6H2,(H,14,18)(H,16,17). The summed E-state index contributed by atoms with van der Waals surface area (Å²) >= 11 is -0.198. The Bertz CT molecular complexity index is 338. The largest absolute Gasteiger partial charge is 0.481 e. The summed E-state index contributed by atoms with van der Waals surface area (Å²) in [5.74, 6) is -1.25. The maximum Gasteiger partial charge on any atom is 0.441 e. The molecule has 0 spiro atoms. The predicted octanol–water partition coefficient (Wildman–Crippen LogP) is 1.89. The van der Waals surface area contributed by atoms with E-state index in [1.807, 2.05) is 0 Å². The zero-order valence-electron chi connectivity index (χ0n) is 10.1. The lowest BCUT2D eigenvalue weighted by atomic mass is 10.1. The van der Waals surface area contributed by atoms with Crippen LogP contribution in [0.25, 0.3) is 0 Å². The van der Waals surface area contributed by atoms with E-state index in [1.54, 1.807) is 0 Å². The number of thioether (sulfide) groups is 1. The summed E-state index contributed by atoms with van der Waals surface area (Å²) in [4.78, 5) is 23.7. The van der Waals surface area contributed by atoms with Gasteiger partial charge < -0.3 is 15.3 Å². The van der Waals surface area contributed by atoms with Crippen molar-refractivity contribution in [1.82, 2.24) is 10.2 Å². The summed E-state index contributed by atoms with van der Waals surface area (Å²) in [6.45, 7) is 0.343. The summed E-state index contributed by atoms with van der Waals surface area (Å²) in [5.41, 5.74) is -4.30. The SMILES string of the molecule is O=C(O)CC1CCCN1C(=O)NCCSC(F)(F)F. The number of carboxylic acids is 1. The van der Waals surface area contributed by atoms with Gasteiger partial charge in [0.15, 0.2) is 0 Å². The molecule has 0 aromatic carbocycles. The lowest BCUT2D eigenvalue weighted by Crippen LogP contribution is -2.44. The number of likely N-dealkylation sites (tertiary alicyclic amines) is 1. The molecular weight excluding hydrogens is 285 g/mol. The van der Waals surface area contributed by atoms with E-state index in [0.29, 0.717) is 19.4 Å². The highest BCUT2D eigenvalue weighted by molar-refractivity contribution is 8.00. The first-order chi connectivity index (χ1) is 8.79. The van der Waals surface area contributed by atoms with Crippen molar-refractivity contribution in [3.8, 4) is 0 Å². The molecule has 0 aromatic heterocycles. The van der Waals surface area contributed by atoms with Gasteiger partial charge >= 0.3 is 17.5 Å². The molecule has 1 heterocycles. The Morgan fingerprint density at radius 2 is 2.11 bits per heavy atom. The van der Waals surface area contributed by atoms with Crippen molar-refractivity contribution in [3.63, 3.8) is 0 Å². The zero-order chi connectivity index (χ0) is 14.5. The molecule has 0 radical (unpaired) electrons. The van der Waals surface area contributed by atoms with Gasteiger partial charge in [0.05, 0.1) is 6.42 Å². The molecule has 0 saturated carbocycles. The van der Waals surface area contributed by atoms with Gasteiger partial charge in [0.25, 0.3) is 0 Å². The van der Waals surface area contributed by atoms with Crippen LogP contribution in [0.3, 0.4) is 0 Å². The number of carbonyl (C=O) groups excluding carboxylic acids is 1. The molecule has 1 aliphatic heterocycles. The number of alkyl halides is 3. The molecule has 1 fully saturated rings. The van der Waals surface area contributed by atoms with Crippen LogP contribution in [0.5, 0.6) is 0 Å². The molecule has 9 heteroatoms. The fourth-order valence-electron chi connectivity index (χ4n) is 1.94. The van der Waals surface area contributed by atoms with Crippen LogP contribution in [0.2, 0.25) is 0 Å². The van der Waals surface area contributed by atoms with Gasteiger partial charge in [-0.2, -0.15) is 13.2 Å². The summed E-state index contributed by atoms with van der Waals surface area (Å²) in [6.07, 6.45) is 1.18. The van der Waals surface area contributed by atoms with E-state index in [0.717, 1.165) is 0 Å². The van der Waals surface area contributed by atoms with Gasteiger partial charge in [-0.1, -0.05) is 0 Å². The Balaban J connectivity index is 2.30. The van der Waals surface area contributed by atoms with Crippen LogP contribution in [0.4, 0.5) is 18.0 Å². The summed E-state index contributed by atoms with van der Waals surface area (Å²) in [7, 11) is 0. The second-order valence-corrected chi connectivity index (χ2v) is 5.27. The highest BCUT2D eigenvalue weighted by Crippen LogP contribution is 2.29. The first kappa shape index (κ1) is 15.9. The highest BCUT2D eigenvalue weighted by atomic mass is 32.2. The first-order valence-electron chi connectivity index (χ1n) is 5.76. The molecule has 110 valence electrons. The maximum atomic E-state index is 11.9. The number of amides is 2. The number of hydrogen-bond acceptors (Lipinski definition) is 3. The molecule has 1 atom stereocenters. The van der Waals surface area contributed by atoms with Crippen molar-refractivity contribution in [1.29, 1.82) is 0 Å². The van der Waals surface area contributed by atoms with Crippen molar-refractivity contribution >= 4 is 23.8 Å². The van der Waals surface area contributed by atoms with Gasteiger partial charge in [-0.05, 0) is 24.6 Å². The minimum atomic E-state index is -4.30. The minimum Gasteiger partial charge on any atom is -0.481 e. The highest BCUT2D eigenvalue weighted by Gasteiger charge is 2.31. The number of rotatable bonds is 5. The van der Waals surface area contributed by atoms with Crippen LogP contribution in [0, 0.1) is 0 Å². The van der Waals surface area contributed by atoms with Gasteiger partial charge in [-0.3, -0.25) is 4.79 Å². The van der Waals surface area contributed by atoms with E-state index in [9.17, 15) is 22.8 Å². The van der Waals surface area contributed by atoms with E-state index < -0.39 is 17.5 Å². The van der Waals surface area contributed by atoms with Gasteiger partial charge in [-0.25, -0.2) is 4.79 Å². The van der Waals surface area contributed by atoms with Crippen molar-refractivity contribution in [2.45, 2.75) is 30.8 Å². The quantitative estimate of drug-likeness (QED) is 0.761. The molecule has 1 rings (SSSR count). The predicted molar refractivity (Wildman–Crippen MR) is 63.9 cm³/mol. The summed E-state index contributed by atoms with van der Waals surface area (Å²) in [6, 6.07) is -0.862. The second-order valence-electron chi connectivity index (χ2n) is 4.11. The van der Waals surface area contributed by atoms with Gasteiger partial charge in [0.1, 0.15) is 0 Å². The van der Waals surface area contributed by atoms with Crippen LogP contribution in [0.1, 0.15) is 19.3 Å². The first-order valence-corrected chi connectivity index (χ1v) is 6.75. The van der Waals surface area contributed by atoms with Gasteiger partial charge in [0, 0.05) is 24.9 Å². The number of aliphatic carboxylic acids is 1. The van der Waals surface area contributed by atoms with Crippen molar-refractivity contribution in [2.75, 3.05) is 18.8 Å². The molecule has 2 N–H and O–H groups in total. The topological polar surface area (TPSA) is 69.6 Å². The molecule has 19 heavy (non-hydrogen) atoms. The minimum absolute atomic E-state index is 0.0979. The normalized spacial score (nSPS) is 19.5. The number of hydrogen-bond donors (Lipinski definition) is 2. The van der Waals surface area contributed by atoms with E-state index in [4.69, 9.17) is 5.11 Å². The third kappa shape index (κ3) is 6.04. The molecule has 0 bridgehead atoms. The Hall–Kier alpha value is -1.12. The number of carboxylic acid groups (broad SMARTS) is 1. The van der Waals surface area contributed by atoms with Crippen molar-refractivity contribution in [2.24, 2.45) is 0 Å². The number of nitrogens with one attached hydrogen (secondary N) is 1.